The molecular weight excluding hydrogens is 298 g/mol. The lowest BCUT2D eigenvalue weighted by Crippen LogP contribution is -2.55. The molecule has 4 aliphatic carbocycles. The predicted molar refractivity (Wildman–Crippen MR) is 94.7 cm³/mol. The maximum absolute atomic E-state index is 10.6. The summed E-state index contributed by atoms with van der Waals surface area (Å²) in [6.45, 7) is 4.81. The quantitative estimate of drug-likeness (QED) is 0.397. The van der Waals surface area contributed by atoms with Crippen molar-refractivity contribution >= 4 is 5.71 Å². The van der Waals surface area contributed by atoms with E-state index in [-0.39, 0.29) is 5.41 Å². The van der Waals surface area contributed by atoms with Gasteiger partial charge in [0.25, 0.3) is 0 Å². The summed E-state index contributed by atoms with van der Waals surface area (Å²) in [5.41, 5.74) is 0.618. The zero-order chi connectivity index (χ0) is 17.2. The van der Waals surface area contributed by atoms with Crippen LogP contribution in [0.3, 0.4) is 0 Å². The van der Waals surface area contributed by atoms with Crippen molar-refractivity contribution in [2.75, 3.05) is 0 Å². The van der Waals surface area contributed by atoms with E-state index < -0.39 is 5.60 Å². The molecule has 4 rings (SSSR count). The van der Waals surface area contributed by atoms with Crippen LogP contribution in [0.25, 0.3) is 0 Å². The molecule has 0 spiro atoms. The van der Waals surface area contributed by atoms with E-state index in [4.69, 9.17) is 6.42 Å². The highest BCUT2D eigenvalue weighted by atomic mass is 16.4. The lowest BCUT2D eigenvalue weighted by Gasteiger charge is -2.61. The van der Waals surface area contributed by atoms with Gasteiger partial charge in [0.1, 0.15) is 5.60 Å². The lowest BCUT2D eigenvalue weighted by atomic mass is 9.44. The maximum Gasteiger partial charge on any atom is 0.125 e. The van der Waals surface area contributed by atoms with Gasteiger partial charge in [-0.15, -0.1) is 6.42 Å². The minimum absolute atomic E-state index is 0.118. The molecule has 7 atom stereocenters. The smallest absolute Gasteiger partial charge is 0.125 e. The zero-order valence-electron chi connectivity index (χ0n) is 15.1. The number of oxime groups is 1. The number of hydrogen-bond acceptors (Lipinski definition) is 3. The van der Waals surface area contributed by atoms with Crippen molar-refractivity contribution in [3.63, 3.8) is 0 Å². The Morgan fingerprint density at radius 1 is 1.08 bits per heavy atom. The summed E-state index contributed by atoms with van der Waals surface area (Å²) in [6, 6.07) is 0. The molecule has 24 heavy (non-hydrogen) atoms. The fourth-order valence-corrected chi connectivity index (χ4v) is 7.33. The minimum Gasteiger partial charge on any atom is -0.411 e. The number of hydrogen-bond donors (Lipinski definition) is 2. The molecule has 0 radical (unpaired) electrons. The van der Waals surface area contributed by atoms with Crippen LogP contribution >= 0.6 is 0 Å². The Bertz CT molecular complexity index is 607. The SMILES string of the molecule is C#C[C@]1(O)CC[C@@]2(C)C(CCC3C4CC/C(=N\O)[C@@]4(C)CC[C@@H]32)C1. The Kier molecular flexibility index (Phi) is 3.59. The van der Waals surface area contributed by atoms with Crippen molar-refractivity contribution < 1.29 is 10.3 Å². The van der Waals surface area contributed by atoms with Crippen LogP contribution in [0.4, 0.5) is 0 Å². The van der Waals surface area contributed by atoms with Gasteiger partial charge in [-0.25, -0.2) is 0 Å². The number of nitrogens with zero attached hydrogens (tertiary/aromatic N) is 1. The van der Waals surface area contributed by atoms with Crippen LogP contribution in [0.15, 0.2) is 5.16 Å². The van der Waals surface area contributed by atoms with E-state index >= 15 is 0 Å². The normalized spacial score (nSPS) is 55.3. The molecule has 4 aliphatic rings. The molecule has 0 aromatic carbocycles. The highest BCUT2D eigenvalue weighted by Gasteiger charge is 2.60. The molecule has 0 aliphatic heterocycles. The van der Waals surface area contributed by atoms with Crippen molar-refractivity contribution in [3.05, 3.63) is 0 Å². The Balaban J connectivity index is 1.62. The lowest BCUT2D eigenvalue weighted by molar-refractivity contribution is -0.127. The first-order chi connectivity index (χ1) is 11.4. The Morgan fingerprint density at radius 2 is 1.88 bits per heavy atom. The van der Waals surface area contributed by atoms with E-state index in [1.807, 2.05) is 0 Å². The molecule has 0 heterocycles. The standard InChI is InChI=1S/C21H31NO2/c1-4-21(23)12-11-19(2)14(13-21)5-6-15-16-7-8-18(22-24)20(16,3)10-9-17(15)19/h1,14-17,23-24H,5-13H2,2-3H3/b22-18+/t14?,15?,16?,17-,19-,20-,21-/m0/s1. The first kappa shape index (κ1) is 16.5. The molecule has 4 fully saturated rings. The second-order valence-electron chi connectivity index (χ2n) is 9.58. The molecule has 3 nitrogen and oxygen atoms in total. The number of terminal acetylenes is 1. The summed E-state index contributed by atoms with van der Waals surface area (Å²) in [6.07, 6.45) is 15.2. The highest BCUT2D eigenvalue weighted by Crippen LogP contribution is 2.66. The van der Waals surface area contributed by atoms with Crippen molar-refractivity contribution in [3.8, 4) is 12.3 Å². The molecule has 0 saturated heterocycles. The summed E-state index contributed by atoms with van der Waals surface area (Å²) < 4.78 is 0. The van der Waals surface area contributed by atoms with Gasteiger partial charge in [0.15, 0.2) is 0 Å². The van der Waals surface area contributed by atoms with Gasteiger partial charge >= 0.3 is 0 Å². The number of fused-ring (bicyclic) bond motifs is 5. The van der Waals surface area contributed by atoms with Crippen LogP contribution in [0.2, 0.25) is 0 Å². The Morgan fingerprint density at radius 3 is 2.58 bits per heavy atom. The Hall–Kier alpha value is -1.01. The maximum atomic E-state index is 10.6. The van der Waals surface area contributed by atoms with Crippen molar-refractivity contribution in [1.82, 2.24) is 0 Å². The molecule has 2 N–H and O–H groups in total. The number of rotatable bonds is 0. The van der Waals surface area contributed by atoms with Crippen LogP contribution in [-0.4, -0.2) is 21.6 Å². The monoisotopic (exact) mass is 329 g/mol. The highest BCUT2D eigenvalue weighted by molar-refractivity contribution is 5.91. The van der Waals surface area contributed by atoms with Crippen LogP contribution in [0.5, 0.6) is 0 Å². The van der Waals surface area contributed by atoms with E-state index in [1.165, 1.54) is 25.7 Å². The van der Waals surface area contributed by atoms with Gasteiger partial charge in [0, 0.05) is 5.41 Å². The van der Waals surface area contributed by atoms with Crippen molar-refractivity contribution in [1.29, 1.82) is 0 Å². The van der Waals surface area contributed by atoms with Gasteiger partial charge < -0.3 is 10.3 Å². The zero-order valence-corrected chi connectivity index (χ0v) is 15.1. The van der Waals surface area contributed by atoms with E-state index in [0.29, 0.717) is 17.3 Å². The fourth-order valence-electron chi connectivity index (χ4n) is 7.33. The van der Waals surface area contributed by atoms with Gasteiger partial charge in [0.05, 0.1) is 5.71 Å². The molecule has 0 amide bonds. The molecule has 3 heteroatoms. The van der Waals surface area contributed by atoms with E-state index in [1.54, 1.807) is 0 Å². The van der Waals surface area contributed by atoms with Gasteiger partial charge in [-0.05, 0) is 86.9 Å². The molecule has 0 aromatic rings. The number of aliphatic hydroxyl groups is 1. The van der Waals surface area contributed by atoms with Gasteiger partial charge in [-0.2, -0.15) is 0 Å². The van der Waals surface area contributed by atoms with E-state index in [2.05, 4.69) is 24.9 Å². The average Bonchev–Trinajstić information content (AvgIpc) is 2.92. The summed E-state index contributed by atoms with van der Waals surface area (Å²) in [5.74, 6) is 5.40. The summed E-state index contributed by atoms with van der Waals surface area (Å²) in [4.78, 5) is 0. The van der Waals surface area contributed by atoms with E-state index in [9.17, 15) is 10.3 Å². The van der Waals surface area contributed by atoms with Gasteiger partial charge in [0.2, 0.25) is 0 Å². The molecule has 132 valence electrons. The minimum atomic E-state index is -0.871. The third kappa shape index (κ3) is 2.05. The largest absolute Gasteiger partial charge is 0.411 e. The van der Waals surface area contributed by atoms with Crippen LogP contribution in [0, 0.1) is 46.8 Å². The second-order valence-corrected chi connectivity index (χ2v) is 9.58. The molecule has 0 bridgehead atoms. The molecule has 3 unspecified atom stereocenters. The predicted octanol–water partition coefficient (Wildman–Crippen LogP) is 4.22. The molecule has 0 aromatic heterocycles. The third-order valence-electron chi connectivity index (χ3n) is 8.86. The molecule has 4 saturated carbocycles. The van der Waals surface area contributed by atoms with Crippen molar-refractivity contribution in [2.24, 2.45) is 39.7 Å². The van der Waals surface area contributed by atoms with Crippen LogP contribution < -0.4 is 0 Å². The first-order valence-corrected chi connectivity index (χ1v) is 9.78. The average molecular weight is 329 g/mol. The topological polar surface area (TPSA) is 52.8 Å². The van der Waals surface area contributed by atoms with E-state index in [0.717, 1.165) is 49.7 Å². The Labute approximate surface area is 145 Å². The second kappa shape index (κ2) is 5.24. The summed E-state index contributed by atoms with van der Waals surface area (Å²) in [7, 11) is 0. The fraction of sp³-hybridized carbons (Fsp3) is 0.857. The molecular formula is C21H31NO2. The summed E-state index contributed by atoms with van der Waals surface area (Å²) >= 11 is 0. The van der Waals surface area contributed by atoms with Crippen LogP contribution in [0.1, 0.15) is 71.6 Å². The van der Waals surface area contributed by atoms with Gasteiger partial charge in [-0.1, -0.05) is 24.9 Å². The summed E-state index contributed by atoms with van der Waals surface area (Å²) in [5, 5.41) is 23.7. The van der Waals surface area contributed by atoms with Gasteiger partial charge in [-0.3, -0.25) is 0 Å². The van der Waals surface area contributed by atoms with Crippen LogP contribution in [-0.2, 0) is 0 Å². The van der Waals surface area contributed by atoms with Crippen molar-refractivity contribution in [2.45, 2.75) is 77.2 Å². The third-order valence-corrected chi connectivity index (χ3v) is 8.86. The first-order valence-electron chi connectivity index (χ1n) is 9.78.